The lowest BCUT2D eigenvalue weighted by Crippen LogP contribution is -2.35. The molecule has 0 fully saturated rings. The third-order valence-electron chi connectivity index (χ3n) is 2.53. The first-order valence-electron chi connectivity index (χ1n) is 5.24. The van der Waals surface area contributed by atoms with Crippen LogP contribution in [0.3, 0.4) is 0 Å². The van der Waals surface area contributed by atoms with Gasteiger partial charge >= 0.3 is 5.97 Å². The van der Waals surface area contributed by atoms with Crippen molar-refractivity contribution < 1.29 is 23.5 Å². The van der Waals surface area contributed by atoms with Crippen molar-refractivity contribution in [1.29, 1.82) is 0 Å². The van der Waals surface area contributed by atoms with Crippen LogP contribution in [0.1, 0.15) is 12.5 Å². The third-order valence-corrected chi connectivity index (χ3v) is 2.53. The molecule has 1 aromatic rings. The lowest BCUT2D eigenvalue weighted by molar-refractivity contribution is -0.149. The Labute approximate surface area is 103 Å². The van der Waals surface area contributed by atoms with Gasteiger partial charge in [-0.05, 0) is 25.1 Å². The molecule has 1 unspecified atom stereocenters. The van der Waals surface area contributed by atoms with Gasteiger partial charge in [-0.1, -0.05) is 0 Å². The summed E-state index contributed by atoms with van der Waals surface area (Å²) in [6.07, 6.45) is 0. The standard InChI is InChI=1S/C12H13F2NO3/c1-7(12(17)18)11(16)15(2)6-8-5-9(13)3-4-10(8)14/h3-5,7H,6H2,1-2H3,(H,17,18). The summed E-state index contributed by atoms with van der Waals surface area (Å²) in [7, 11) is 1.34. The van der Waals surface area contributed by atoms with Gasteiger partial charge in [-0.25, -0.2) is 8.78 Å². The normalized spacial score (nSPS) is 12.0. The summed E-state index contributed by atoms with van der Waals surface area (Å²) in [6.45, 7) is 1.06. The van der Waals surface area contributed by atoms with Gasteiger partial charge in [0.15, 0.2) is 0 Å². The minimum atomic E-state index is -1.26. The van der Waals surface area contributed by atoms with Crippen molar-refractivity contribution in [3.63, 3.8) is 0 Å². The Bertz CT molecular complexity index is 476. The molecule has 6 heteroatoms. The molecule has 4 nitrogen and oxygen atoms in total. The number of hydrogen-bond acceptors (Lipinski definition) is 2. The van der Waals surface area contributed by atoms with Crippen molar-refractivity contribution in [2.24, 2.45) is 5.92 Å². The van der Waals surface area contributed by atoms with E-state index in [1.54, 1.807) is 0 Å². The van der Waals surface area contributed by atoms with E-state index in [1.807, 2.05) is 0 Å². The first kappa shape index (κ1) is 14.1. The molecule has 0 bridgehead atoms. The van der Waals surface area contributed by atoms with E-state index in [0.717, 1.165) is 23.1 Å². The van der Waals surface area contributed by atoms with E-state index in [9.17, 15) is 18.4 Å². The van der Waals surface area contributed by atoms with E-state index in [1.165, 1.54) is 14.0 Å². The molecular weight excluding hydrogens is 244 g/mol. The molecule has 0 aliphatic rings. The second-order valence-electron chi connectivity index (χ2n) is 3.99. The first-order valence-corrected chi connectivity index (χ1v) is 5.24. The van der Waals surface area contributed by atoms with Crippen molar-refractivity contribution in [3.05, 3.63) is 35.4 Å². The van der Waals surface area contributed by atoms with Gasteiger partial charge < -0.3 is 10.0 Å². The molecular formula is C12H13F2NO3. The number of amides is 1. The lowest BCUT2D eigenvalue weighted by atomic mass is 10.1. The largest absolute Gasteiger partial charge is 0.481 e. The van der Waals surface area contributed by atoms with Crippen molar-refractivity contribution in [2.75, 3.05) is 7.05 Å². The highest BCUT2D eigenvalue weighted by Gasteiger charge is 2.24. The van der Waals surface area contributed by atoms with Gasteiger partial charge in [-0.2, -0.15) is 0 Å². The maximum absolute atomic E-state index is 13.3. The summed E-state index contributed by atoms with van der Waals surface area (Å²) in [5.41, 5.74) is 0.00318. The number of hydrogen-bond donors (Lipinski definition) is 1. The first-order chi connectivity index (χ1) is 8.32. The Kier molecular flexibility index (Phi) is 4.36. The minimum Gasteiger partial charge on any atom is -0.481 e. The van der Waals surface area contributed by atoms with Crippen LogP contribution < -0.4 is 0 Å². The average molecular weight is 257 g/mol. The van der Waals surface area contributed by atoms with Gasteiger partial charge in [0.25, 0.3) is 0 Å². The second kappa shape index (κ2) is 5.57. The van der Waals surface area contributed by atoms with E-state index < -0.39 is 29.4 Å². The molecule has 0 aliphatic heterocycles. The number of benzene rings is 1. The molecule has 1 amide bonds. The van der Waals surface area contributed by atoms with Crippen LogP contribution in [0.25, 0.3) is 0 Å². The molecule has 1 rings (SSSR count). The number of carbonyl (C=O) groups is 2. The van der Waals surface area contributed by atoms with Gasteiger partial charge in [0.2, 0.25) is 5.91 Å². The number of halogens is 2. The van der Waals surface area contributed by atoms with Gasteiger partial charge in [0.05, 0.1) is 0 Å². The molecule has 0 heterocycles. The lowest BCUT2D eigenvalue weighted by Gasteiger charge is -2.19. The number of rotatable bonds is 4. The average Bonchev–Trinajstić information content (AvgIpc) is 2.31. The maximum atomic E-state index is 13.3. The molecule has 1 N–H and O–H groups in total. The van der Waals surface area contributed by atoms with E-state index >= 15 is 0 Å². The van der Waals surface area contributed by atoms with Crippen molar-refractivity contribution in [2.45, 2.75) is 13.5 Å². The van der Waals surface area contributed by atoms with Crippen LogP contribution in [0, 0.1) is 17.6 Å². The number of carbonyl (C=O) groups excluding carboxylic acids is 1. The van der Waals surface area contributed by atoms with Gasteiger partial charge in [-0.3, -0.25) is 9.59 Å². The summed E-state index contributed by atoms with van der Waals surface area (Å²) in [5, 5.41) is 8.68. The predicted molar refractivity (Wildman–Crippen MR) is 59.6 cm³/mol. The molecule has 0 aliphatic carbocycles. The zero-order chi connectivity index (χ0) is 13.9. The molecule has 1 aromatic carbocycles. The van der Waals surface area contributed by atoms with E-state index in [0.29, 0.717) is 0 Å². The van der Waals surface area contributed by atoms with Crippen LogP contribution in [-0.2, 0) is 16.1 Å². The van der Waals surface area contributed by atoms with Crippen LogP contribution in [0.2, 0.25) is 0 Å². The number of carboxylic acids is 1. The van der Waals surface area contributed by atoms with Crippen molar-refractivity contribution >= 4 is 11.9 Å². The number of nitrogens with zero attached hydrogens (tertiary/aromatic N) is 1. The molecule has 0 saturated heterocycles. The molecule has 0 radical (unpaired) electrons. The highest BCUT2D eigenvalue weighted by Crippen LogP contribution is 2.13. The molecule has 0 spiro atoms. The Hall–Kier alpha value is -1.98. The summed E-state index contributed by atoms with van der Waals surface area (Å²) in [6, 6.07) is 2.91. The Morgan fingerprint density at radius 1 is 1.39 bits per heavy atom. The fraction of sp³-hybridized carbons (Fsp3) is 0.333. The zero-order valence-corrected chi connectivity index (χ0v) is 9.98. The highest BCUT2D eigenvalue weighted by atomic mass is 19.1. The smallest absolute Gasteiger partial charge is 0.315 e. The van der Waals surface area contributed by atoms with Crippen LogP contribution in [0.5, 0.6) is 0 Å². The molecule has 1 atom stereocenters. The van der Waals surface area contributed by atoms with E-state index in [2.05, 4.69) is 0 Å². The predicted octanol–water partition coefficient (Wildman–Crippen LogP) is 1.64. The summed E-state index contributed by atoms with van der Waals surface area (Å²) < 4.78 is 26.3. The maximum Gasteiger partial charge on any atom is 0.315 e. The van der Waals surface area contributed by atoms with Gasteiger partial charge in [0, 0.05) is 19.2 Å². The van der Waals surface area contributed by atoms with E-state index in [4.69, 9.17) is 5.11 Å². The third kappa shape index (κ3) is 3.26. The Morgan fingerprint density at radius 3 is 2.56 bits per heavy atom. The minimum absolute atomic E-state index is 0.00318. The fourth-order valence-electron chi connectivity index (χ4n) is 1.43. The molecule has 98 valence electrons. The quantitative estimate of drug-likeness (QED) is 0.834. The van der Waals surface area contributed by atoms with Crippen LogP contribution in [0.15, 0.2) is 18.2 Å². The molecule has 0 saturated carbocycles. The van der Waals surface area contributed by atoms with Crippen molar-refractivity contribution in [3.8, 4) is 0 Å². The summed E-state index contributed by atoms with van der Waals surface area (Å²) in [5.74, 6) is -4.39. The van der Waals surface area contributed by atoms with Gasteiger partial charge in [0.1, 0.15) is 17.6 Å². The number of aliphatic carboxylic acids is 1. The fourth-order valence-corrected chi connectivity index (χ4v) is 1.43. The van der Waals surface area contributed by atoms with Crippen LogP contribution in [0.4, 0.5) is 8.78 Å². The highest BCUT2D eigenvalue weighted by molar-refractivity contribution is 5.96. The zero-order valence-electron chi connectivity index (χ0n) is 9.98. The summed E-state index contributed by atoms with van der Waals surface area (Å²) in [4.78, 5) is 23.3. The Balaban J connectivity index is 2.81. The monoisotopic (exact) mass is 257 g/mol. The van der Waals surface area contributed by atoms with E-state index in [-0.39, 0.29) is 12.1 Å². The van der Waals surface area contributed by atoms with Crippen LogP contribution in [-0.4, -0.2) is 28.9 Å². The van der Waals surface area contributed by atoms with Gasteiger partial charge in [-0.15, -0.1) is 0 Å². The van der Waals surface area contributed by atoms with Crippen molar-refractivity contribution in [1.82, 2.24) is 4.90 Å². The second-order valence-corrected chi connectivity index (χ2v) is 3.99. The Morgan fingerprint density at radius 2 is 2.00 bits per heavy atom. The SMILES string of the molecule is CC(C(=O)O)C(=O)N(C)Cc1cc(F)ccc1F. The molecule has 18 heavy (non-hydrogen) atoms. The number of carboxylic acid groups (broad SMARTS) is 1. The van der Waals surface area contributed by atoms with Crippen LogP contribution >= 0.6 is 0 Å². The molecule has 0 aromatic heterocycles. The topological polar surface area (TPSA) is 57.6 Å². The summed E-state index contributed by atoms with van der Waals surface area (Å²) >= 11 is 0.